The maximum Gasteiger partial charge on any atom is 0.209 e. The van der Waals surface area contributed by atoms with E-state index < -0.39 is 7.59 Å². The van der Waals surface area contributed by atoms with Gasteiger partial charge in [-0.25, -0.2) is 0 Å². The van der Waals surface area contributed by atoms with Gasteiger partial charge in [0.1, 0.15) is 0 Å². The van der Waals surface area contributed by atoms with Crippen LogP contribution in [-0.4, -0.2) is 7.59 Å². The van der Waals surface area contributed by atoms with Crippen molar-refractivity contribution < 1.29 is 0 Å². The van der Waals surface area contributed by atoms with Crippen LogP contribution in [0.4, 0.5) is 0 Å². The van der Waals surface area contributed by atoms with E-state index in [1.165, 1.54) is 12.2 Å². The molecular weight excluding hydrogens is 261 g/mol. The molecule has 0 aliphatic heterocycles. The van der Waals surface area contributed by atoms with Crippen molar-refractivity contribution in [1.29, 1.82) is 0 Å². The molecule has 0 N–H and O–H groups in total. The number of hydrogen-bond acceptors (Lipinski definition) is 0. The monoisotopic (exact) mass is 260 g/mol. The summed E-state index contributed by atoms with van der Waals surface area (Å²) in [6, 6.07) is 0. The highest BCUT2D eigenvalue weighted by molar-refractivity contribution is 6.70. The van der Waals surface area contributed by atoms with E-state index in [9.17, 15) is 0 Å². The zero-order valence-corrected chi connectivity index (χ0v) is 8.96. The van der Waals surface area contributed by atoms with Crippen molar-refractivity contribution in [3.63, 3.8) is 0 Å². The van der Waals surface area contributed by atoms with E-state index in [2.05, 4.69) is 0 Å². The summed E-state index contributed by atoms with van der Waals surface area (Å²) in [5.41, 5.74) is 0. The molecule has 0 heterocycles. The summed E-state index contributed by atoms with van der Waals surface area (Å²) < 4.78 is -3.02. The molecule has 60 valence electrons. The molecule has 0 nitrogen and oxygen atoms in total. The molecule has 0 amide bonds. The van der Waals surface area contributed by atoms with Gasteiger partial charge in [0.25, 0.3) is 0 Å². The second-order valence-electron chi connectivity index (χ2n) is 1.42. The Labute approximate surface area is 89.0 Å². The lowest BCUT2D eigenvalue weighted by atomic mass is 10.6. The number of hydrogen-bond donors (Lipinski definition) is 0. The first-order chi connectivity index (χ1) is 4.21. The number of rotatable bonds is 0. The molecule has 10 heavy (non-hydrogen) atoms. The van der Waals surface area contributed by atoms with E-state index in [-0.39, 0.29) is 0 Å². The number of allylic oxidation sites excluding steroid dienone is 2. The van der Waals surface area contributed by atoms with Crippen molar-refractivity contribution in [3.8, 4) is 0 Å². The molecule has 0 aromatic rings. The fraction of sp³-hybridized carbons (Fsp3) is 0.500. The van der Waals surface area contributed by atoms with Crippen LogP contribution in [0.25, 0.3) is 0 Å². The van der Waals surface area contributed by atoms with Crippen LogP contribution in [0.5, 0.6) is 0 Å². The van der Waals surface area contributed by atoms with E-state index in [0.29, 0.717) is 0 Å². The lowest BCUT2D eigenvalue weighted by Gasteiger charge is -2.06. The molecule has 6 heteroatoms. The Morgan fingerprint density at radius 2 is 0.800 bits per heavy atom. The van der Waals surface area contributed by atoms with Gasteiger partial charge in [0.05, 0.1) is 0 Å². The highest BCUT2D eigenvalue weighted by Gasteiger charge is 2.20. The molecule has 0 spiro atoms. The van der Waals surface area contributed by atoms with Crippen LogP contribution in [0.3, 0.4) is 0 Å². The van der Waals surface area contributed by atoms with Crippen molar-refractivity contribution in [2.75, 3.05) is 0 Å². The third-order valence-electron chi connectivity index (χ3n) is 0.461. The Kier molecular flexibility index (Phi) is 4.51. The molecule has 0 atom stereocenters. The standard InChI is InChI=1S/C4H2Cl6/c5-3(6,7)1-2-4(8,9)10/h1-2H/b2-1+. The van der Waals surface area contributed by atoms with Gasteiger partial charge in [-0.3, -0.25) is 0 Å². The minimum Gasteiger partial charge on any atom is -0.0791 e. The van der Waals surface area contributed by atoms with E-state index in [1.807, 2.05) is 0 Å². The van der Waals surface area contributed by atoms with Gasteiger partial charge in [0, 0.05) is 0 Å². The quantitative estimate of drug-likeness (QED) is 0.451. The Hall–Kier alpha value is 1.48. The maximum absolute atomic E-state index is 5.31. The second-order valence-corrected chi connectivity index (χ2v) is 6.15. The van der Waals surface area contributed by atoms with Gasteiger partial charge in [0.15, 0.2) is 0 Å². The van der Waals surface area contributed by atoms with Crippen molar-refractivity contribution in [2.24, 2.45) is 0 Å². The summed E-state index contributed by atoms with van der Waals surface area (Å²) in [7, 11) is 0. The lowest BCUT2D eigenvalue weighted by Crippen LogP contribution is -2.00. The number of alkyl halides is 6. The highest BCUT2D eigenvalue weighted by Crippen LogP contribution is 2.33. The highest BCUT2D eigenvalue weighted by atomic mass is 35.6. The summed E-state index contributed by atoms with van der Waals surface area (Å²) >= 11 is 31.8. The molecule has 0 radical (unpaired) electrons. The van der Waals surface area contributed by atoms with Crippen LogP contribution < -0.4 is 0 Å². The summed E-state index contributed by atoms with van der Waals surface area (Å²) in [4.78, 5) is 0. The SMILES string of the molecule is ClC(Cl)(Cl)/C=C/C(Cl)(Cl)Cl. The summed E-state index contributed by atoms with van der Waals surface area (Å²) in [5.74, 6) is 0. The van der Waals surface area contributed by atoms with Crippen LogP contribution in [0, 0.1) is 0 Å². The third-order valence-corrected chi connectivity index (χ3v) is 1.22. The van der Waals surface area contributed by atoms with E-state index >= 15 is 0 Å². The molecule has 0 aromatic carbocycles. The zero-order chi connectivity index (χ0) is 8.41. The van der Waals surface area contributed by atoms with Gasteiger partial charge in [-0.05, 0) is 12.2 Å². The fourth-order valence-electron chi connectivity index (χ4n) is 0.189. The molecule has 0 saturated heterocycles. The normalized spacial score (nSPS) is 14.6. The van der Waals surface area contributed by atoms with Gasteiger partial charge in [-0.1, -0.05) is 69.6 Å². The van der Waals surface area contributed by atoms with E-state index in [1.54, 1.807) is 0 Å². The van der Waals surface area contributed by atoms with Crippen LogP contribution in [0.15, 0.2) is 12.2 Å². The predicted molar refractivity (Wildman–Crippen MR) is 49.7 cm³/mol. The van der Waals surface area contributed by atoms with E-state index in [4.69, 9.17) is 69.6 Å². The Morgan fingerprint density at radius 1 is 0.600 bits per heavy atom. The molecule has 0 bridgehead atoms. The van der Waals surface area contributed by atoms with Crippen molar-refractivity contribution >= 4 is 69.6 Å². The first-order valence-corrected chi connectivity index (χ1v) is 4.31. The smallest absolute Gasteiger partial charge is 0.0791 e. The Balaban J connectivity index is 4.01. The molecule has 0 unspecified atom stereocenters. The summed E-state index contributed by atoms with van der Waals surface area (Å²) in [6.45, 7) is 0. The Morgan fingerprint density at radius 3 is 0.900 bits per heavy atom. The van der Waals surface area contributed by atoms with Gasteiger partial charge < -0.3 is 0 Å². The van der Waals surface area contributed by atoms with Gasteiger partial charge in [0.2, 0.25) is 7.59 Å². The fourth-order valence-corrected chi connectivity index (χ4v) is 0.567. The maximum atomic E-state index is 5.31. The third kappa shape index (κ3) is 9.48. The number of halogens is 6. The molecule has 0 aliphatic carbocycles. The summed E-state index contributed by atoms with van der Waals surface area (Å²) in [6.07, 6.45) is 2.34. The van der Waals surface area contributed by atoms with Crippen molar-refractivity contribution in [1.82, 2.24) is 0 Å². The summed E-state index contributed by atoms with van der Waals surface area (Å²) in [5, 5.41) is 0. The Bertz CT molecular complexity index is 110. The molecule has 0 saturated carbocycles. The van der Waals surface area contributed by atoms with Gasteiger partial charge in [-0.15, -0.1) is 0 Å². The minimum atomic E-state index is -1.51. The first-order valence-electron chi connectivity index (χ1n) is 2.04. The minimum absolute atomic E-state index is 1.17. The van der Waals surface area contributed by atoms with E-state index in [0.717, 1.165) is 0 Å². The van der Waals surface area contributed by atoms with Crippen LogP contribution in [0.1, 0.15) is 0 Å². The lowest BCUT2D eigenvalue weighted by molar-refractivity contribution is 1.37. The van der Waals surface area contributed by atoms with Crippen LogP contribution in [0.2, 0.25) is 0 Å². The molecular formula is C4H2Cl6. The molecule has 0 fully saturated rings. The predicted octanol–water partition coefficient (Wildman–Crippen LogP) is 4.28. The molecule has 0 aliphatic rings. The second kappa shape index (κ2) is 3.93. The van der Waals surface area contributed by atoms with Gasteiger partial charge >= 0.3 is 0 Å². The van der Waals surface area contributed by atoms with Gasteiger partial charge in [-0.2, -0.15) is 0 Å². The molecule has 0 rings (SSSR count). The van der Waals surface area contributed by atoms with Crippen molar-refractivity contribution in [3.05, 3.63) is 12.2 Å². The average molecular weight is 263 g/mol. The van der Waals surface area contributed by atoms with Crippen molar-refractivity contribution in [2.45, 2.75) is 7.59 Å². The molecule has 0 aromatic heterocycles. The van der Waals surface area contributed by atoms with Crippen LogP contribution in [-0.2, 0) is 0 Å². The average Bonchev–Trinajstić information content (AvgIpc) is 1.57. The van der Waals surface area contributed by atoms with Crippen LogP contribution >= 0.6 is 69.6 Å². The first kappa shape index (κ1) is 11.5. The topological polar surface area (TPSA) is 0 Å². The zero-order valence-electron chi connectivity index (χ0n) is 4.42. The largest absolute Gasteiger partial charge is 0.209 e.